The number of rotatable bonds is 5. The minimum Gasteiger partial charge on any atom is -0.360 e. The molecule has 1 heterocycles. The van der Waals surface area contributed by atoms with Gasteiger partial charge in [0.1, 0.15) is 12.0 Å². The number of hydrogen-bond acceptors (Lipinski definition) is 7. The summed E-state index contributed by atoms with van der Waals surface area (Å²) in [5.74, 6) is -1.24. The second-order valence-electron chi connectivity index (χ2n) is 3.86. The number of hydrogen-bond donors (Lipinski definition) is 0. The number of imide groups is 1. The van der Waals surface area contributed by atoms with Crippen LogP contribution in [0.15, 0.2) is 48.8 Å². The first-order chi connectivity index (χ1) is 10.4. The smallest absolute Gasteiger partial charge is 0.360 e. The summed E-state index contributed by atoms with van der Waals surface area (Å²) in [5.41, 5.74) is 0.153. The van der Waals surface area contributed by atoms with Crippen LogP contribution in [0.3, 0.4) is 0 Å². The number of allylic oxidation sites excluding steroid dienone is 1. The highest BCUT2D eigenvalue weighted by atomic mass is 32.3. The van der Waals surface area contributed by atoms with Gasteiger partial charge in [-0.3, -0.25) is 9.59 Å². The summed E-state index contributed by atoms with van der Waals surface area (Å²) in [6, 6.07) is 6.89. The molecule has 1 aliphatic heterocycles. The van der Waals surface area contributed by atoms with E-state index in [1.807, 2.05) is 0 Å². The Kier molecular flexibility index (Phi) is 4.24. The molecule has 112 valence electrons. The maximum absolute atomic E-state index is 11.6. The van der Waals surface area contributed by atoms with Crippen LogP contribution in [-0.4, -0.2) is 20.2 Å². The fraction of sp³-hybridized carbons (Fsp3) is 0. The number of carbonyl (C=O) groups is 2. The van der Waals surface area contributed by atoms with E-state index in [-0.39, 0.29) is 11.4 Å². The molecule has 0 spiro atoms. The first-order valence-electron chi connectivity index (χ1n) is 5.76. The molecule has 22 heavy (non-hydrogen) atoms. The molecule has 2 rings (SSSR count). The number of amides is 2. The lowest BCUT2D eigenvalue weighted by Crippen LogP contribution is -2.29. The molecule has 0 saturated carbocycles. The lowest BCUT2D eigenvalue weighted by Gasteiger charge is -2.14. The highest BCUT2D eigenvalue weighted by Crippen LogP contribution is 2.25. The van der Waals surface area contributed by atoms with Crippen LogP contribution >= 0.6 is 0 Å². The van der Waals surface area contributed by atoms with Crippen LogP contribution in [0.2, 0.25) is 0 Å². The molecule has 0 atom stereocenters. The molecule has 1 aliphatic rings. The van der Waals surface area contributed by atoms with Crippen LogP contribution < -0.4 is 9.08 Å². The van der Waals surface area contributed by atoms with Crippen molar-refractivity contribution in [2.45, 2.75) is 0 Å². The van der Waals surface area contributed by atoms with Crippen LogP contribution in [0.4, 0.5) is 5.69 Å². The van der Waals surface area contributed by atoms with Gasteiger partial charge >= 0.3 is 10.4 Å². The summed E-state index contributed by atoms with van der Waals surface area (Å²) in [6.45, 7) is 0. The third kappa shape index (κ3) is 3.50. The van der Waals surface area contributed by atoms with E-state index in [2.05, 4.69) is 8.37 Å². The Balaban J connectivity index is 2.19. The Morgan fingerprint density at radius 2 is 1.86 bits per heavy atom. The van der Waals surface area contributed by atoms with Gasteiger partial charge in [-0.15, -0.1) is 8.42 Å². The summed E-state index contributed by atoms with van der Waals surface area (Å²) in [5, 5.41) is 8.23. The van der Waals surface area contributed by atoms with Gasteiger partial charge in [-0.25, -0.2) is 4.90 Å². The van der Waals surface area contributed by atoms with Crippen LogP contribution in [0.1, 0.15) is 0 Å². The maximum atomic E-state index is 11.6. The average Bonchev–Trinajstić information content (AvgIpc) is 2.78. The lowest BCUT2D eigenvalue weighted by atomic mass is 10.3. The van der Waals surface area contributed by atoms with E-state index in [1.54, 1.807) is 6.07 Å². The zero-order valence-electron chi connectivity index (χ0n) is 10.9. The molecule has 1 aromatic rings. The monoisotopic (exact) mass is 320 g/mol. The second kappa shape index (κ2) is 6.11. The molecule has 0 aromatic heterocycles. The average molecular weight is 320 g/mol. The van der Waals surface area contributed by atoms with E-state index < -0.39 is 22.2 Å². The van der Waals surface area contributed by atoms with Gasteiger partial charge in [-0.2, -0.15) is 5.26 Å². The zero-order chi connectivity index (χ0) is 16.2. The molecule has 0 bridgehead atoms. The molecule has 0 radical (unpaired) electrons. The Bertz CT molecular complexity index is 801. The van der Waals surface area contributed by atoms with Gasteiger partial charge in [0, 0.05) is 18.2 Å². The molecule has 2 amide bonds. The molecular formula is C13H8N2O6S. The topological polar surface area (TPSA) is 114 Å². The van der Waals surface area contributed by atoms with Gasteiger partial charge in [0.25, 0.3) is 11.8 Å². The minimum atomic E-state index is -4.42. The van der Waals surface area contributed by atoms with E-state index in [0.717, 1.165) is 23.1 Å². The summed E-state index contributed by atoms with van der Waals surface area (Å²) in [7, 11) is -4.42. The largest absolute Gasteiger partial charge is 0.500 e. The molecule has 1 aromatic carbocycles. The molecular weight excluding hydrogens is 312 g/mol. The van der Waals surface area contributed by atoms with E-state index in [1.165, 1.54) is 24.3 Å². The minimum absolute atomic E-state index is 0.153. The second-order valence-corrected chi connectivity index (χ2v) is 5.04. The number of carbonyl (C=O) groups excluding carboxylic acids is 2. The van der Waals surface area contributed by atoms with Crippen molar-refractivity contribution in [2.75, 3.05) is 4.90 Å². The SMILES string of the molecule is N#C/C=C/OS(=O)(=O)Oc1cccc(N2C(=O)C=CC2=O)c1. The molecule has 0 saturated heterocycles. The van der Waals surface area contributed by atoms with Gasteiger partial charge in [0.2, 0.25) is 0 Å². The van der Waals surface area contributed by atoms with Crippen LogP contribution in [0, 0.1) is 11.3 Å². The number of nitriles is 1. The van der Waals surface area contributed by atoms with Crippen molar-refractivity contribution < 1.29 is 26.4 Å². The van der Waals surface area contributed by atoms with Crippen molar-refractivity contribution in [3.8, 4) is 11.8 Å². The summed E-state index contributed by atoms with van der Waals surface area (Å²) >= 11 is 0. The van der Waals surface area contributed by atoms with E-state index in [9.17, 15) is 18.0 Å². The number of benzene rings is 1. The summed E-state index contributed by atoms with van der Waals surface area (Å²) in [6.07, 6.45) is 3.66. The Hall–Kier alpha value is -3.12. The fourth-order valence-corrected chi connectivity index (χ4v) is 2.16. The van der Waals surface area contributed by atoms with E-state index >= 15 is 0 Å². The standard InChI is InChI=1S/C13H8N2O6S/c14-7-2-8-20-22(18,19)21-11-4-1-3-10(9-11)15-12(16)5-6-13(15)17/h1-6,8-9H/b8-2+. The highest BCUT2D eigenvalue weighted by Gasteiger charge is 2.25. The van der Waals surface area contributed by atoms with Crippen molar-refractivity contribution >= 4 is 27.9 Å². The third-order valence-electron chi connectivity index (χ3n) is 2.40. The van der Waals surface area contributed by atoms with Crippen LogP contribution in [0.25, 0.3) is 0 Å². The van der Waals surface area contributed by atoms with Gasteiger partial charge in [0.05, 0.1) is 17.8 Å². The molecule has 0 N–H and O–H groups in total. The van der Waals surface area contributed by atoms with Gasteiger partial charge in [0.15, 0.2) is 0 Å². The van der Waals surface area contributed by atoms with E-state index in [0.29, 0.717) is 6.26 Å². The Labute approximate surface area is 125 Å². The van der Waals surface area contributed by atoms with Gasteiger partial charge in [-0.1, -0.05) is 6.07 Å². The third-order valence-corrected chi connectivity index (χ3v) is 3.14. The fourth-order valence-electron chi connectivity index (χ4n) is 1.59. The normalized spacial score (nSPS) is 14.4. The van der Waals surface area contributed by atoms with Crippen molar-refractivity contribution in [3.63, 3.8) is 0 Å². The maximum Gasteiger partial charge on any atom is 0.500 e. The van der Waals surface area contributed by atoms with E-state index in [4.69, 9.17) is 5.26 Å². The number of nitrogens with zero attached hydrogens (tertiary/aromatic N) is 2. The molecule has 0 aliphatic carbocycles. The zero-order valence-corrected chi connectivity index (χ0v) is 11.7. The predicted molar refractivity (Wildman–Crippen MR) is 73.5 cm³/mol. The van der Waals surface area contributed by atoms with Gasteiger partial charge < -0.3 is 8.37 Å². The van der Waals surface area contributed by atoms with Crippen LogP contribution in [-0.2, 0) is 24.2 Å². The summed E-state index contributed by atoms with van der Waals surface area (Å²) in [4.78, 5) is 24.0. The van der Waals surface area contributed by atoms with Crippen molar-refractivity contribution in [3.05, 3.63) is 48.8 Å². The van der Waals surface area contributed by atoms with Crippen LogP contribution in [0.5, 0.6) is 5.75 Å². The lowest BCUT2D eigenvalue weighted by molar-refractivity contribution is -0.119. The molecule has 8 nitrogen and oxygen atoms in total. The van der Waals surface area contributed by atoms with Crippen molar-refractivity contribution in [2.24, 2.45) is 0 Å². The van der Waals surface area contributed by atoms with Crippen molar-refractivity contribution in [1.82, 2.24) is 0 Å². The van der Waals surface area contributed by atoms with Gasteiger partial charge in [-0.05, 0) is 12.1 Å². The number of anilines is 1. The van der Waals surface area contributed by atoms with Crippen molar-refractivity contribution in [1.29, 1.82) is 5.26 Å². The summed E-state index contributed by atoms with van der Waals surface area (Å²) < 4.78 is 31.8. The predicted octanol–water partition coefficient (Wildman–Crippen LogP) is 0.793. The first-order valence-corrected chi connectivity index (χ1v) is 7.10. The Morgan fingerprint density at radius 3 is 2.50 bits per heavy atom. The first kappa shape index (κ1) is 15.3. The molecule has 0 fully saturated rings. The molecule has 0 unspecified atom stereocenters. The highest BCUT2D eigenvalue weighted by molar-refractivity contribution is 7.82. The Morgan fingerprint density at radius 1 is 1.18 bits per heavy atom. The quantitative estimate of drug-likeness (QED) is 0.447. The molecule has 9 heteroatoms.